The third-order valence-electron chi connectivity index (χ3n) is 3.14. The smallest absolute Gasteiger partial charge is 0.140 e. The maximum absolute atomic E-state index is 13.1. The summed E-state index contributed by atoms with van der Waals surface area (Å²) in [6.45, 7) is 1.74. The number of hydrogen-bond acceptors (Lipinski definition) is 1. The molecule has 0 amide bonds. The lowest BCUT2D eigenvalue weighted by Crippen LogP contribution is -2.17. The van der Waals surface area contributed by atoms with E-state index in [-0.39, 0.29) is 11.7 Å². The number of hydrogen-bond donors (Lipinski definition) is 0. The van der Waals surface area contributed by atoms with Crippen molar-refractivity contribution >= 4 is 5.78 Å². The largest absolute Gasteiger partial charge is 0.299 e. The Morgan fingerprint density at radius 1 is 1.33 bits per heavy atom. The Labute approximate surface area is 89.3 Å². The van der Waals surface area contributed by atoms with Crippen LogP contribution in [-0.4, -0.2) is 5.78 Å². The van der Waals surface area contributed by atoms with Crippen molar-refractivity contribution in [2.75, 3.05) is 0 Å². The van der Waals surface area contributed by atoms with Crippen LogP contribution in [0.4, 0.5) is 4.39 Å². The van der Waals surface area contributed by atoms with Gasteiger partial charge in [0.05, 0.1) is 0 Å². The van der Waals surface area contributed by atoms with Gasteiger partial charge in [0.25, 0.3) is 0 Å². The molecule has 1 atom stereocenters. The maximum atomic E-state index is 13.1. The van der Waals surface area contributed by atoms with Gasteiger partial charge in [0.15, 0.2) is 0 Å². The van der Waals surface area contributed by atoms with Gasteiger partial charge in [-0.25, -0.2) is 4.39 Å². The molecular formula is C13H15FO. The summed E-state index contributed by atoms with van der Waals surface area (Å²) in [5, 5.41) is 0. The van der Waals surface area contributed by atoms with E-state index >= 15 is 0 Å². The summed E-state index contributed by atoms with van der Waals surface area (Å²) in [6, 6.07) is 5.02. The summed E-state index contributed by atoms with van der Waals surface area (Å²) in [7, 11) is 0. The third kappa shape index (κ3) is 2.09. The van der Waals surface area contributed by atoms with Gasteiger partial charge < -0.3 is 0 Å². The Morgan fingerprint density at radius 3 is 2.80 bits per heavy atom. The van der Waals surface area contributed by atoms with Gasteiger partial charge in [-0.05, 0) is 37.0 Å². The zero-order chi connectivity index (χ0) is 10.8. The van der Waals surface area contributed by atoms with E-state index in [1.807, 2.05) is 6.07 Å². The molecule has 1 aromatic carbocycles. The van der Waals surface area contributed by atoms with E-state index in [1.165, 1.54) is 6.07 Å². The Kier molecular flexibility index (Phi) is 2.85. The minimum atomic E-state index is -0.193. The number of aryl methyl sites for hydroxylation is 1. The monoisotopic (exact) mass is 206 g/mol. The summed E-state index contributed by atoms with van der Waals surface area (Å²) in [5.74, 6) is 0.132. The molecular weight excluding hydrogens is 191 g/mol. The topological polar surface area (TPSA) is 17.1 Å². The number of carbonyl (C=O) groups is 1. The minimum Gasteiger partial charge on any atom is -0.299 e. The number of rotatable bonds is 1. The Morgan fingerprint density at radius 2 is 2.13 bits per heavy atom. The van der Waals surface area contributed by atoms with Crippen LogP contribution in [-0.2, 0) is 4.79 Å². The van der Waals surface area contributed by atoms with Crippen molar-refractivity contribution in [3.05, 3.63) is 35.1 Å². The molecule has 0 aromatic heterocycles. The van der Waals surface area contributed by atoms with Crippen LogP contribution in [0.25, 0.3) is 0 Å². The molecule has 0 spiro atoms. The number of carbonyl (C=O) groups excluding carboxylic acids is 1. The molecule has 0 radical (unpaired) electrons. The van der Waals surface area contributed by atoms with Crippen molar-refractivity contribution in [1.29, 1.82) is 0 Å². The van der Waals surface area contributed by atoms with Crippen LogP contribution in [0.15, 0.2) is 18.2 Å². The molecule has 2 rings (SSSR count). The second kappa shape index (κ2) is 4.13. The van der Waals surface area contributed by atoms with Gasteiger partial charge in [-0.15, -0.1) is 0 Å². The first-order chi connectivity index (χ1) is 7.18. The van der Waals surface area contributed by atoms with E-state index in [2.05, 4.69) is 0 Å². The number of benzene rings is 1. The summed E-state index contributed by atoms with van der Waals surface area (Å²) in [5.41, 5.74) is 1.62. The van der Waals surface area contributed by atoms with Crippen LogP contribution in [0.3, 0.4) is 0 Å². The van der Waals surface area contributed by atoms with Gasteiger partial charge in [-0.2, -0.15) is 0 Å². The quantitative estimate of drug-likeness (QED) is 0.688. The molecule has 15 heavy (non-hydrogen) atoms. The van der Waals surface area contributed by atoms with E-state index in [0.717, 1.165) is 24.8 Å². The highest BCUT2D eigenvalue weighted by Gasteiger charge is 2.23. The van der Waals surface area contributed by atoms with Crippen molar-refractivity contribution < 1.29 is 9.18 Å². The minimum absolute atomic E-state index is 0.0121. The number of halogens is 1. The first-order valence-electron chi connectivity index (χ1n) is 5.47. The second-order valence-corrected chi connectivity index (χ2v) is 4.27. The van der Waals surface area contributed by atoms with Crippen molar-refractivity contribution in [2.24, 2.45) is 0 Å². The molecule has 1 nitrogen and oxygen atoms in total. The molecule has 0 unspecified atom stereocenters. The van der Waals surface area contributed by atoms with E-state index in [4.69, 9.17) is 0 Å². The molecule has 2 heteroatoms. The summed E-state index contributed by atoms with van der Waals surface area (Å²) in [4.78, 5) is 11.7. The maximum Gasteiger partial charge on any atom is 0.140 e. The van der Waals surface area contributed by atoms with Crippen molar-refractivity contribution in [3.8, 4) is 0 Å². The van der Waals surface area contributed by atoms with Gasteiger partial charge in [-0.3, -0.25) is 4.79 Å². The van der Waals surface area contributed by atoms with Crippen LogP contribution >= 0.6 is 0 Å². The molecule has 1 aliphatic rings. The molecule has 0 aliphatic heterocycles. The van der Waals surface area contributed by atoms with Crippen LogP contribution < -0.4 is 0 Å². The Bertz CT molecular complexity index is 384. The van der Waals surface area contributed by atoms with Gasteiger partial charge in [0, 0.05) is 12.3 Å². The van der Waals surface area contributed by atoms with E-state index in [9.17, 15) is 9.18 Å². The van der Waals surface area contributed by atoms with Gasteiger partial charge in [0.1, 0.15) is 11.6 Å². The summed E-state index contributed by atoms with van der Waals surface area (Å²) in [6.07, 6.45) is 3.72. The molecule has 1 aromatic rings. The van der Waals surface area contributed by atoms with E-state index in [1.54, 1.807) is 13.0 Å². The van der Waals surface area contributed by atoms with Crippen LogP contribution in [0, 0.1) is 12.7 Å². The zero-order valence-electron chi connectivity index (χ0n) is 8.92. The highest BCUT2D eigenvalue weighted by atomic mass is 19.1. The highest BCUT2D eigenvalue weighted by molar-refractivity contribution is 5.86. The standard InChI is InChI=1S/C13H15FO/c1-9-8-10(6-7-12(9)14)11-4-2-3-5-13(11)15/h6-8,11H,2-5H2,1H3/t11-/m0/s1. The van der Waals surface area contributed by atoms with Crippen LogP contribution in [0.5, 0.6) is 0 Å². The molecule has 1 fully saturated rings. The molecule has 1 aliphatic carbocycles. The Balaban J connectivity index is 2.28. The number of ketones is 1. The van der Waals surface area contributed by atoms with Gasteiger partial charge in [0.2, 0.25) is 0 Å². The molecule has 80 valence electrons. The second-order valence-electron chi connectivity index (χ2n) is 4.27. The van der Waals surface area contributed by atoms with Gasteiger partial charge in [-0.1, -0.05) is 18.6 Å². The third-order valence-corrected chi connectivity index (χ3v) is 3.14. The normalized spacial score (nSPS) is 21.7. The fourth-order valence-corrected chi connectivity index (χ4v) is 2.22. The van der Waals surface area contributed by atoms with Crippen molar-refractivity contribution in [3.63, 3.8) is 0 Å². The number of Topliss-reactive ketones (excluding diaryl/α,β-unsaturated/α-hetero) is 1. The summed E-state index contributed by atoms with van der Waals surface area (Å²) >= 11 is 0. The lowest BCUT2D eigenvalue weighted by atomic mass is 9.82. The molecule has 0 bridgehead atoms. The average molecular weight is 206 g/mol. The van der Waals surface area contributed by atoms with Crippen molar-refractivity contribution in [2.45, 2.75) is 38.5 Å². The fraction of sp³-hybridized carbons (Fsp3) is 0.462. The zero-order valence-corrected chi connectivity index (χ0v) is 8.92. The first-order valence-corrected chi connectivity index (χ1v) is 5.47. The predicted octanol–water partition coefficient (Wildman–Crippen LogP) is 3.36. The van der Waals surface area contributed by atoms with E-state index < -0.39 is 0 Å². The van der Waals surface area contributed by atoms with Crippen molar-refractivity contribution in [1.82, 2.24) is 0 Å². The molecule has 0 N–H and O–H groups in total. The van der Waals surface area contributed by atoms with Crippen LogP contribution in [0.1, 0.15) is 42.7 Å². The fourth-order valence-electron chi connectivity index (χ4n) is 2.22. The SMILES string of the molecule is Cc1cc([C@@H]2CCCCC2=O)ccc1F. The van der Waals surface area contributed by atoms with Crippen LogP contribution in [0.2, 0.25) is 0 Å². The van der Waals surface area contributed by atoms with E-state index in [0.29, 0.717) is 17.8 Å². The average Bonchev–Trinajstić information content (AvgIpc) is 2.23. The molecule has 0 heterocycles. The Hall–Kier alpha value is -1.18. The summed E-state index contributed by atoms with van der Waals surface area (Å²) < 4.78 is 13.1. The predicted molar refractivity (Wildman–Crippen MR) is 57.4 cm³/mol. The molecule has 1 saturated carbocycles. The molecule has 0 saturated heterocycles. The lowest BCUT2D eigenvalue weighted by Gasteiger charge is -2.21. The first kappa shape index (κ1) is 10.3. The van der Waals surface area contributed by atoms with Gasteiger partial charge >= 0.3 is 0 Å². The lowest BCUT2D eigenvalue weighted by molar-refractivity contribution is -0.121. The highest BCUT2D eigenvalue weighted by Crippen LogP contribution is 2.30.